The lowest BCUT2D eigenvalue weighted by Crippen LogP contribution is -2.58. The van der Waals surface area contributed by atoms with Crippen LogP contribution >= 0.6 is 0 Å². The number of hydrogen-bond acceptors (Lipinski definition) is 9. The zero-order valence-corrected chi connectivity index (χ0v) is 12.1. The maximum absolute atomic E-state index is 11.9. The molecule has 2 fully saturated rings. The molecule has 1 aromatic carbocycles. The predicted molar refractivity (Wildman–Crippen MR) is 74.4 cm³/mol. The van der Waals surface area contributed by atoms with Crippen LogP contribution in [0.4, 0.5) is 17.1 Å². The van der Waals surface area contributed by atoms with Crippen molar-refractivity contribution in [3.8, 4) is 0 Å². The van der Waals surface area contributed by atoms with Crippen molar-refractivity contribution in [2.24, 2.45) is 0 Å². The maximum Gasteiger partial charge on any atom is 0.361 e. The number of nitro groups is 2. The van der Waals surface area contributed by atoms with Crippen molar-refractivity contribution in [2.75, 3.05) is 11.6 Å². The summed E-state index contributed by atoms with van der Waals surface area (Å²) in [5.41, 5.74) is -1.13. The molecule has 1 amide bonds. The van der Waals surface area contributed by atoms with Crippen molar-refractivity contribution in [2.45, 2.75) is 19.4 Å². The molecule has 2 saturated heterocycles. The summed E-state index contributed by atoms with van der Waals surface area (Å²) >= 11 is 0. The fourth-order valence-electron chi connectivity index (χ4n) is 2.55. The normalized spacial score (nSPS) is 22.3. The highest BCUT2D eigenvalue weighted by molar-refractivity contribution is 5.86. The Morgan fingerprint density at radius 3 is 2.58 bits per heavy atom. The summed E-state index contributed by atoms with van der Waals surface area (Å²) in [6.45, 7) is 0.986. The van der Waals surface area contributed by atoms with E-state index in [1.807, 2.05) is 0 Å². The number of hydrazine groups is 1. The first-order chi connectivity index (χ1) is 11.3. The Labute approximate surface area is 133 Å². The van der Waals surface area contributed by atoms with Gasteiger partial charge in [-0.1, -0.05) is 0 Å². The van der Waals surface area contributed by atoms with Crippen LogP contribution < -0.4 is 5.01 Å². The minimum absolute atomic E-state index is 0.0857. The van der Waals surface area contributed by atoms with Gasteiger partial charge in [0, 0.05) is 13.0 Å². The molecule has 12 heteroatoms. The van der Waals surface area contributed by atoms with Gasteiger partial charge in [0.1, 0.15) is 12.2 Å². The van der Waals surface area contributed by atoms with Crippen LogP contribution in [0.5, 0.6) is 0 Å². The van der Waals surface area contributed by atoms with Crippen LogP contribution in [0.25, 0.3) is 0 Å². The largest absolute Gasteiger partial charge is 0.430 e. The number of rotatable bonds is 3. The third-order valence-electron chi connectivity index (χ3n) is 3.50. The highest BCUT2D eigenvalue weighted by atomic mass is 16.8. The van der Waals surface area contributed by atoms with E-state index in [2.05, 4.69) is 0 Å². The Hall–Kier alpha value is -3.28. The van der Waals surface area contributed by atoms with Gasteiger partial charge >= 0.3 is 11.7 Å². The second kappa shape index (κ2) is 5.42. The third-order valence-corrected chi connectivity index (χ3v) is 3.50. The summed E-state index contributed by atoms with van der Waals surface area (Å²) in [5, 5.41) is 24.1. The average molecular weight is 338 g/mol. The Morgan fingerprint density at radius 1 is 1.29 bits per heavy atom. The number of nitrogens with zero attached hydrogens (tertiary/aromatic N) is 4. The zero-order valence-electron chi connectivity index (χ0n) is 12.1. The molecule has 0 unspecified atom stereocenters. The highest BCUT2D eigenvalue weighted by Gasteiger charge is 2.50. The number of ether oxygens (including phenoxy) is 2. The minimum atomic E-state index is -1.35. The van der Waals surface area contributed by atoms with Gasteiger partial charge < -0.3 is 9.47 Å². The quantitative estimate of drug-likeness (QED) is 0.431. The number of esters is 1. The number of fused-ring (bicyclic) bond motifs is 2. The molecule has 0 radical (unpaired) electrons. The van der Waals surface area contributed by atoms with Crippen LogP contribution in [0.1, 0.15) is 6.92 Å². The molecule has 0 saturated carbocycles. The number of amides is 1. The Morgan fingerprint density at radius 2 is 2.00 bits per heavy atom. The molecular formula is C12H10N4O8. The summed E-state index contributed by atoms with van der Waals surface area (Å²) < 4.78 is 10.1. The molecule has 0 spiro atoms. The fraction of sp³-hybridized carbons (Fsp3) is 0.333. The summed E-state index contributed by atoms with van der Waals surface area (Å²) in [4.78, 5) is 44.1. The first-order valence-electron chi connectivity index (χ1n) is 6.65. The molecule has 0 aromatic heterocycles. The molecular weight excluding hydrogens is 328 g/mol. The van der Waals surface area contributed by atoms with Crippen LogP contribution in [0.3, 0.4) is 0 Å². The number of hydrogen-bond donors (Lipinski definition) is 0. The van der Waals surface area contributed by atoms with Crippen molar-refractivity contribution in [1.29, 1.82) is 0 Å². The third kappa shape index (κ3) is 2.38. The summed E-state index contributed by atoms with van der Waals surface area (Å²) in [7, 11) is 0. The lowest BCUT2D eigenvalue weighted by Gasteiger charge is -2.40. The Kier molecular flexibility index (Phi) is 3.52. The molecule has 3 rings (SSSR count). The number of non-ortho nitro benzene ring substituents is 1. The van der Waals surface area contributed by atoms with E-state index >= 15 is 0 Å². The Bertz CT molecular complexity index is 765. The van der Waals surface area contributed by atoms with E-state index in [0.717, 1.165) is 35.1 Å². The number of nitro benzene ring substituents is 2. The number of carbonyl (C=O) groups is 2. The lowest BCUT2D eigenvalue weighted by molar-refractivity contribution is -0.393. The first-order valence-corrected chi connectivity index (χ1v) is 6.65. The van der Waals surface area contributed by atoms with Crippen molar-refractivity contribution in [3.05, 3.63) is 38.4 Å². The highest BCUT2D eigenvalue weighted by Crippen LogP contribution is 2.37. The zero-order chi connectivity index (χ0) is 17.6. The monoisotopic (exact) mass is 338 g/mol. The summed E-state index contributed by atoms with van der Waals surface area (Å²) in [6, 6.07) is 3.00. The van der Waals surface area contributed by atoms with Crippen LogP contribution in [0.15, 0.2) is 18.2 Å². The average Bonchev–Trinajstić information content (AvgIpc) is 2.80. The van der Waals surface area contributed by atoms with Crippen LogP contribution in [0.2, 0.25) is 0 Å². The second-order valence-corrected chi connectivity index (χ2v) is 4.99. The molecule has 2 atom stereocenters. The smallest absolute Gasteiger partial charge is 0.361 e. The van der Waals surface area contributed by atoms with E-state index in [1.165, 1.54) is 0 Å². The van der Waals surface area contributed by atoms with Crippen LogP contribution in [-0.2, 0) is 19.1 Å². The van der Waals surface area contributed by atoms with E-state index in [0.29, 0.717) is 0 Å². The number of anilines is 1. The van der Waals surface area contributed by atoms with E-state index in [-0.39, 0.29) is 12.2 Å². The summed E-state index contributed by atoms with van der Waals surface area (Å²) in [5.74, 6) is -1.40. The van der Waals surface area contributed by atoms with Gasteiger partial charge in [0.2, 0.25) is 12.2 Å². The topological polar surface area (TPSA) is 145 Å². The second-order valence-electron chi connectivity index (χ2n) is 4.99. The van der Waals surface area contributed by atoms with Crippen LogP contribution in [-0.4, -0.2) is 45.8 Å². The van der Waals surface area contributed by atoms with E-state index in [4.69, 9.17) is 9.47 Å². The molecule has 2 aliphatic heterocycles. The maximum atomic E-state index is 11.9. The predicted octanol–water partition coefficient (Wildman–Crippen LogP) is 0.312. The molecule has 2 aliphatic rings. The van der Waals surface area contributed by atoms with Crippen molar-refractivity contribution in [3.63, 3.8) is 0 Å². The van der Waals surface area contributed by atoms with Crippen molar-refractivity contribution in [1.82, 2.24) is 5.01 Å². The number of carbonyl (C=O) groups excluding carboxylic acids is 2. The molecule has 24 heavy (non-hydrogen) atoms. The van der Waals surface area contributed by atoms with Gasteiger partial charge in [0.05, 0.1) is 15.9 Å². The molecule has 0 N–H and O–H groups in total. The van der Waals surface area contributed by atoms with Gasteiger partial charge in [-0.15, -0.1) is 0 Å². The van der Waals surface area contributed by atoms with Crippen LogP contribution in [0, 0.1) is 20.2 Å². The molecule has 0 aliphatic carbocycles. The Balaban J connectivity index is 2.09. The van der Waals surface area contributed by atoms with Gasteiger partial charge in [-0.25, -0.2) is 9.80 Å². The summed E-state index contributed by atoms with van der Waals surface area (Å²) in [6.07, 6.45) is -2.34. The van der Waals surface area contributed by atoms with Crippen molar-refractivity contribution >= 4 is 28.9 Å². The van der Waals surface area contributed by atoms with Gasteiger partial charge in [-0.3, -0.25) is 30.0 Å². The minimum Gasteiger partial charge on any atom is -0.430 e. The number of benzene rings is 1. The first kappa shape index (κ1) is 15.6. The standard InChI is InChI=1S/C12H10N4O8/c1-6(17)14-11-12(18)24-10(23-11)5-13(14)8-3-2-7(15(19)20)4-9(8)16(21)22/h2-4,10-11H,5H2,1H3/t10-,11+/m0/s1. The SMILES string of the molecule is CC(=O)N1[C@@H]2O[C@H](CN1c1ccc([N+](=O)[O-])cc1[N+](=O)[O-])OC2=O. The molecule has 2 heterocycles. The van der Waals surface area contributed by atoms with Gasteiger partial charge in [0.25, 0.3) is 11.9 Å². The lowest BCUT2D eigenvalue weighted by atomic mass is 10.2. The molecule has 1 aromatic rings. The fourth-order valence-corrected chi connectivity index (χ4v) is 2.55. The van der Waals surface area contributed by atoms with Gasteiger partial charge in [0.15, 0.2) is 0 Å². The van der Waals surface area contributed by atoms with Gasteiger partial charge in [-0.05, 0) is 6.07 Å². The molecule has 12 nitrogen and oxygen atoms in total. The van der Waals surface area contributed by atoms with Crippen molar-refractivity contribution < 1.29 is 28.9 Å². The van der Waals surface area contributed by atoms with Gasteiger partial charge in [-0.2, -0.15) is 0 Å². The van der Waals surface area contributed by atoms with E-state index in [9.17, 15) is 29.8 Å². The van der Waals surface area contributed by atoms with E-state index in [1.54, 1.807) is 0 Å². The molecule has 126 valence electrons. The van der Waals surface area contributed by atoms with E-state index < -0.39 is 45.6 Å². The molecule has 2 bridgehead atoms.